The first kappa shape index (κ1) is 42.3. The molecule has 1 amide bonds. The third-order valence-corrected chi connectivity index (χ3v) is 9.07. The fraction of sp³-hybridized carbons (Fsp3) is 0.973. The van der Waals surface area contributed by atoms with E-state index >= 15 is 0 Å². The van der Waals surface area contributed by atoms with Crippen LogP contribution in [0.3, 0.4) is 0 Å². The van der Waals surface area contributed by atoms with Crippen molar-refractivity contribution in [1.29, 1.82) is 0 Å². The molecule has 0 spiro atoms. The summed E-state index contributed by atoms with van der Waals surface area (Å²) in [6.07, 6.45) is 31.2. The van der Waals surface area contributed by atoms with Crippen molar-refractivity contribution >= 4 is 5.91 Å². The van der Waals surface area contributed by atoms with E-state index in [1.54, 1.807) is 0 Å². The van der Waals surface area contributed by atoms with Gasteiger partial charge in [0.15, 0.2) is 0 Å². The molecule has 0 saturated carbocycles. The summed E-state index contributed by atoms with van der Waals surface area (Å²) in [5, 5.41) is 43.4. The maximum Gasteiger partial charge on any atom is 0.249 e. The maximum atomic E-state index is 12.4. The van der Waals surface area contributed by atoms with Gasteiger partial charge in [-0.2, -0.15) is 0 Å². The number of rotatable bonds is 34. The highest BCUT2D eigenvalue weighted by atomic mass is 16.3. The lowest BCUT2D eigenvalue weighted by Gasteiger charge is -2.27. The van der Waals surface area contributed by atoms with Gasteiger partial charge < -0.3 is 25.7 Å². The summed E-state index contributed by atoms with van der Waals surface area (Å²) in [4.78, 5) is 12.4. The van der Waals surface area contributed by atoms with E-state index in [4.69, 9.17) is 0 Å². The third kappa shape index (κ3) is 27.4. The second kappa shape index (κ2) is 32.7. The van der Waals surface area contributed by atoms with Gasteiger partial charge in [0.2, 0.25) is 5.91 Å². The van der Waals surface area contributed by atoms with Gasteiger partial charge in [-0.05, 0) is 12.8 Å². The summed E-state index contributed by atoms with van der Waals surface area (Å²) in [6, 6.07) is -0.976. The van der Waals surface area contributed by atoms with E-state index in [1.807, 2.05) is 0 Å². The lowest BCUT2D eigenvalue weighted by Crippen LogP contribution is -2.53. The third-order valence-electron chi connectivity index (χ3n) is 9.07. The van der Waals surface area contributed by atoms with Gasteiger partial charge in [-0.3, -0.25) is 4.79 Å². The van der Waals surface area contributed by atoms with Crippen molar-refractivity contribution in [1.82, 2.24) is 5.32 Å². The smallest absolute Gasteiger partial charge is 0.249 e. The number of carbonyl (C=O) groups excluding carboxylic acids is 1. The maximum absolute atomic E-state index is 12.4. The van der Waals surface area contributed by atoms with Gasteiger partial charge in [0, 0.05) is 0 Å². The van der Waals surface area contributed by atoms with Gasteiger partial charge in [-0.25, -0.2) is 0 Å². The predicted octanol–water partition coefficient (Wildman–Crippen LogP) is 8.90. The first-order valence-electron chi connectivity index (χ1n) is 18.9. The molecule has 0 rings (SSSR count). The monoisotopic (exact) mass is 614 g/mol. The Morgan fingerprint density at radius 3 is 1.12 bits per heavy atom. The summed E-state index contributed by atoms with van der Waals surface area (Å²) in [5.74, 6) is -0.583. The lowest BCUT2D eigenvalue weighted by molar-refractivity contribution is -0.132. The molecule has 0 heterocycles. The Morgan fingerprint density at radius 1 is 0.488 bits per heavy atom. The predicted molar refractivity (Wildman–Crippen MR) is 182 cm³/mol. The Bertz CT molecular complexity index is 575. The van der Waals surface area contributed by atoms with Crippen LogP contribution in [-0.2, 0) is 4.79 Å². The van der Waals surface area contributed by atoms with E-state index in [-0.39, 0.29) is 0 Å². The molecule has 6 nitrogen and oxygen atoms in total. The van der Waals surface area contributed by atoms with Crippen LogP contribution in [0.2, 0.25) is 0 Å². The van der Waals surface area contributed by atoms with Crippen molar-refractivity contribution in [3.05, 3.63) is 0 Å². The minimum atomic E-state index is -1.25. The van der Waals surface area contributed by atoms with Gasteiger partial charge in [0.1, 0.15) is 12.2 Å². The summed E-state index contributed by atoms with van der Waals surface area (Å²) in [6.45, 7) is 4.03. The Kier molecular flexibility index (Phi) is 32.2. The van der Waals surface area contributed by atoms with Crippen molar-refractivity contribution in [2.45, 2.75) is 224 Å². The lowest BCUT2D eigenvalue weighted by atomic mass is 9.99. The first-order chi connectivity index (χ1) is 21.0. The van der Waals surface area contributed by atoms with Crippen LogP contribution in [0.15, 0.2) is 0 Å². The number of nitrogens with one attached hydrogen (secondary N) is 1. The van der Waals surface area contributed by atoms with E-state index in [1.165, 1.54) is 135 Å². The molecule has 4 atom stereocenters. The molecule has 0 aromatic carbocycles. The minimum absolute atomic E-state index is 0.374. The number of amides is 1. The van der Waals surface area contributed by atoms with Crippen molar-refractivity contribution in [3.8, 4) is 0 Å². The van der Waals surface area contributed by atoms with Crippen molar-refractivity contribution in [2.75, 3.05) is 6.61 Å². The van der Waals surface area contributed by atoms with Gasteiger partial charge in [0.05, 0.1) is 18.8 Å². The average molecular weight is 614 g/mol. The number of aliphatic hydroxyl groups excluding tert-OH is 4. The van der Waals surface area contributed by atoms with E-state index in [2.05, 4.69) is 19.2 Å². The van der Waals surface area contributed by atoms with Crippen LogP contribution in [-0.4, -0.2) is 57.3 Å². The quantitative estimate of drug-likeness (QED) is 0.0466. The Morgan fingerprint density at radius 2 is 0.791 bits per heavy atom. The average Bonchev–Trinajstić information content (AvgIpc) is 3.01. The van der Waals surface area contributed by atoms with Crippen LogP contribution < -0.4 is 5.32 Å². The number of carbonyl (C=O) groups is 1. The highest BCUT2D eigenvalue weighted by Gasteiger charge is 2.28. The topological polar surface area (TPSA) is 110 Å². The molecule has 258 valence electrons. The zero-order valence-electron chi connectivity index (χ0n) is 28.7. The first-order valence-corrected chi connectivity index (χ1v) is 18.9. The SMILES string of the molecule is CCCCCCCCCCCCCCCCCC(O)C(O)C(CO)NC(=O)C(O)CCCCCCCCCCCCCC. The Balaban J connectivity index is 3.78. The molecule has 0 radical (unpaired) electrons. The fourth-order valence-corrected chi connectivity index (χ4v) is 5.99. The molecule has 0 saturated heterocycles. The fourth-order valence-electron chi connectivity index (χ4n) is 5.99. The molecule has 4 unspecified atom stereocenters. The van der Waals surface area contributed by atoms with Crippen molar-refractivity contribution in [3.63, 3.8) is 0 Å². The molecule has 0 bridgehead atoms. The molecule has 43 heavy (non-hydrogen) atoms. The van der Waals surface area contributed by atoms with Gasteiger partial charge in [-0.15, -0.1) is 0 Å². The van der Waals surface area contributed by atoms with Crippen LogP contribution in [0.25, 0.3) is 0 Å². The van der Waals surface area contributed by atoms with E-state index in [0.717, 1.165) is 38.5 Å². The minimum Gasteiger partial charge on any atom is -0.394 e. The summed E-state index contributed by atoms with van der Waals surface area (Å²) < 4.78 is 0. The number of aliphatic hydroxyl groups is 4. The van der Waals surface area contributed by atoms with Crippen molar-refractivity contribution in [2.24, 2.45) is 0 Å². The number of hydrogen-bond donors (Lipinski definition) is 5. The molecule has 0 aliphatic rings. The number of hydrogen-bond acceptors (Lipinski definition) is 5. The number of unbranched alkanes of at least 4 members (excludes halogenated alkanes) is 25. The summed E-state index contributed by atoms with van der Waals surface area (Å²) in [7, 11) is 0. The molecular formula is C37H75NO5. The highest BCUT2D eigenvalue weighted by molar-refractivity contribution is 5.80. The van der Waals surface area contributed by atoms with Crippen LogP contribution in [0.1, 0.15) is 200 Å². The van der Waals surface area contributed by atoms with E-state index in [9.17, 15) is 25.2 Å². The van der Waals surface area contributed by atoms with Crippen molar-refractivity contribution < 1.29 is 25.2 Å². The molecule has 0 aromatic rings. The Labute approximate surface area is 267 Å². The normalized spacial score (nSPS) is 14.5. The standard InChI is InChI=1S/C37H75NO5/c1-3-5-7-9-11-13-15-17-18-19-21-22-24-26-28-30-34(40)36(42)33(32-39)38-37(43)35(41)31-29-27-25-23-20-16-14-12-10-8-6-4-2/h33-36,39-42H,3-32H2,1-2H3,(H,38,43). The van der Waals surface area contributed by atoms with Crippen LogP contribution in [0.4, 0.5) is 0 Å². The van der Waals surface area contributed by atoms with Gasteiger partial charge >= 0.3 is 0 Å². The molecular weight excluding hydrogens is 538 g/mol. The highest BCUT2D eigenvalue weighted by Crippen LogP contribution is 2.16. The van der Waals surface area contributed by atoms with Gasteiger partial charge in [0.25, 0.3) is 0 Å². The van der Waals surface area contributed by atoms with E-state index in [0.29, 0.717) is 12.8 Å². The van der Waals surface area contributed by atoms with E-state index < -0.39 is 36.9 Å². The molecule has 5 N–H and O–H groups in total. The van der Waals surface area contributed by atoms with Crippen LogP contribution in [0, 0.1) is 0 Å². The van der Waals surface area contributed by atoms with Crippen LogP contribution in [0.5, 0.6) is 0 Å². The molecule has 0 fully saturated rings. The Hall–Kier alpha value is -0.690. The largest absolute Gasteiger partial charge is 0.394 e. The molecule has 6 heteroatoms. The molecule has 0 aliphatic carbocycles. The second-order valence-electron chi connectivity index (χ2n) is 13.3. The summed E-state index contributed by atoms with van der Waals surface area (Å²) >= 11 is 0. The zero-order valence-corrected chi connectivity index (χ0v) is 28.7. The van der Waals surface area contributed by atoms with Crippen LogP contribution >= 0.6 is 0 Å². The molecule has 0 aliphatic heterocycles. The second-order valence-corrected chi connectivity index (χ2v) is 13.3. The van der Waals surface area contributed by atoms with Gasteiger partial charge in [-0.1, -0.05) is 187 Å². The zero-order chi connectivity index (χ0) is 31.8. The molecule has 0 aromatic heterocycles. The summed E-state index contributed by atoms with van der Waals surface area (Å²) in [5.41, 5.74) is 0.